The van der Waals surface area contributed by atoms with Crippen LogP contribution in [0.2, 0.25) is 0 Å². The van der Waals surface area contributed by atoms with Gasteiger partial charge in [0.25, 0.3) is 0 Å². The number of carbonyl (C=O) groups excluding carboxylic acids is 1. The molecule has 1 heterocycles. The molecular formula is C9H17N3O3. The highest BCUT2D eigenvalue weighted by atomic mass is 16.4. The van der Waals surface area contributed by atoms with Crippen LogP contribution in [0.3, 0.4) is 0 Å². The number of primary amides is 1. The molecule has 0 radical (unpaired) electrons. The highest BCUT2D eigenvalue weighted by Gasteiger charge is 2.18. The van der Waals surface area contributed by atoms with E-state index in [1.165, 1.54) is 0 Å². The summed E-state index contributed by atoms with van der Waals surface area (Å²) in [4.78, 5) is 25.0. The van der Waals surface area contributed by atoms with Crippen molar-refractivity contribution in [3.05, 3.63) is 0 Å². The largest absolute Gasteiger partial charge is 0.480 e. The number of carbonyl (C=O) groups is 2. The van der Waals surface area contributed by atoms with Gasteiger partial charge in [-0.3, -0.25) is 14.5 Å². The second kappa shape index (κ2) is 5.67. The number of carboxylic acids is 1. The van der Waals surface area contributed by atoms with Crippen LogP contribution in [-0.4, -0.2) is 66.1 Å². The van der Waals surface area contributed by atoms with Crippen LogP contribution in [0.1, 0.15) is 6.42 Å². The zero-order valence-corrected chi connectivity index (χ0v) is 8.69. The van der Waals surface area contributed by atoms with Crippen molar-refractivity contribution in [1.82, 2.24) is 9.80 Å². The van der Waals surface area contributed by atoms with Crippen molar-refractivity contribution in [2.75, 3.05) is 39.3 Å². The molecule has 1 saturated heterocycles. The molecule has 0 aromatic carbocycles. The molecule has 0 aliphatic carbocycles. The lowest BCUT2D eigenvalue weighted by Crippen LogP contribution is -2.48. The summed E-state index contributed by atoms with van der Waals surface area (Å²) in [6.07, 6.45) is 0.374. The Hall–Kier alpha value is -1.14. The fourth-order valence-corrected chi connectivity index (χ4v) is 1.63. The van der Waals surface area contributed by atoms with Gasteiger partial charge in [0, 0.05) is 39.1 Å². The fourth-order valence-electron chi connectivity index (χ4n) is 1.63. The lowest BCUT2D eigenvalue weighted by molar-refractivity contribution is -0.138. The van der Waals surface area contributed by atoms with Crippen molar-refractivity contribution in [2.45, 2.75) is 6.42 Å². The molecule has 0 aromatic heterocycles. The van der Waals surface area contributed by atoms with E-state index in [4.69, 9.17) is 10.8 Å². The normalized spacial score (nSPS) is 18.9. The molecule has 1 fully saturated rings. The number of hydrogen-bond donors (Lipinski definition) is 2. The van der Waals surface area contributed by atoms with Crippen molar-refractivity contribution in [2.24, 2.45) is 5.73 Å². The number of aliphatic carboxylic acids is 1. The molecule has 6 nitrogen and oxygen atoms in total. The highest BCUT2D eigenvalue weighted by molar-refractivity contribution is 5.73. The maximum Gasteiger partial charge on any atom is 0.317 e. The lowest BCUT2D eigenvalue weighted by Gasteiger charge is -2.33. The van der Waals surface area contributed by atoms with Crippen molar-refractivity contribution < 1.29 is 14.7 Å². The Kier molecular flexibility index (Phi) is 4.51. The summed E-state index contributed by atoms with van der Waals surface area (Å²) in [5, 5.41) is 8.59. The quantitative estimate of drug-likeness (QED) is 0.587. The third kappa shape index (κ3) is 4.75. The average Bonchev–Trinajstić information content (AvgIpc) is 2.16. The van der Waals surface area contributed by atoms with E-state index in [1.807, 2.05) is 4.90 Å². The van der Waals surface area contributed by atoms with Gasteiger partial charge in [0.1, 0.15) is 0 Å². The number of amides is 1. The molecule has 0 atom stereocenters. The Labute approximate surface area is 88.6 Å². The van der Waals surface area contributed by atoms with Crippen molar-refractivity contribution in [3.8, 4) is 0 Å². The van der Waals surface area contributed by atoms with E-state index >= 15 is 0 Å². The van der Waals surface area contributed by atoms with Crippen LogP contribution in [0, 0.1) is 0 Å². The van der Waals surface area contributed by atoms with Gasteiger partial charge in [0.15, 0.2) is 0 Å². The fraction of sp³-hybridized carbons (Fsp3) is 0.778. The number of nitrogens with two attached hydrogens (primary N) is 1. The summed E-state index contributed by atoms with van der Waals surface area (Å²) >= 11 is 0. The summed E-state index contributed by atoms with van der Waals surface area (Å²) in [5.74, 6) is -1.08. The number of carboxylic acid groups (broad SMARTS) is 1. The molecule has 0 unspecified atom stereocenters. The predicted octanol–water partition coefficient (Wildman–Crippen LogP) is -1.44. The summed E-state index contributed by atoms with van der Waals surface area (Å²) in [6, 6.07) is 0. The van der Waals surface area contributed by atoms with Crippen LogP contribution in [0.15, 0.2) is 0 Å². The first kappa shape index (κ1) is 11.9. The topological polar surface area (TPSA) is 86.9 Å². The van der Waals surface area contributed by atoms with Crippen molar-refractivity contribution in [1.29, 1.82) is 0 Å². The van der Waals surface area contributed by atoms with Crippen LogP contribution in [0.25, 0.3) is 0 Å². The SMILES string of the molecule is NC(=O)CCN1CCN(CC(=O)O)CC1. The number of rotatable bonds is 5. The van der Waals surface area contributed by atoms with Gasteiger partial charge in [-0.05, 0) is 0 Å². The van der Waals surface area contributed by atoms with Crippen LogP contribution < -0.4 is 5.73 Å². The molecule has 0 saturated carbocycles. The van der Waals surface area contributed by atoms with Crippen molar-refractivity contribution >= 4 is 11.9 Å². The van der Waals surface area contributed by atoms with E-state index in [9.17, 15) is 9.59 Å². The molecule has 0 bridgehead atoms. The van der Waals surface area contributed by atoms with Gasteiger partial charge in [0.2, 0.25) is 5.91 Å². The molecule has 1 aliphatic rings. The molecule has 6 heteroatoms. The Balaban J connectivity index is 2.18. The molecule has 0 spiro atoms. The highest BCUT2D eigenvalue weighted by Crippen LogP contribution is 2.01. The monoisotopic (exact) mass is 215 g/mol. The summed E-state index contributed by atoms with van der Waals surface area (Å²) in [7, 11) is 0. The van der Waals surface area contributed by atoms with E-state index in [2.05, 4.69) is 4.90 Å². The molecule has 3 N–H and O–H groups in total. The Bertz CT molecular complexity index is 237. The van der Waals surface area contributed by atoms with Gasteiger partial charge < -0.3 is 15.7 Å². The van der Waals surface area contributed by atoms with Crippen LogP contribution in [0.5, 0.6) is 0 Å². The average molecular weight is 215 g/mol. The maximum absolute atomic E-state index is 10.6. The summed E-state index contributed by atoms with van der Waals surface area (Å²) < 4.78 is 0. The van der Waals surface area contributed by atoms with Crippen LogP contribution >= 0.6 is 0 Å². The molecule has 0 aromatic rings. The first-order chi connectivity index (χ1) is 7.08. The molecule has 86 valence electrons. The standard InChI is InChI=1S/C9H17N3O3/c10-8(13)1-2-11-3-5-12(6-4-11)7-9(14)15/h1-7H2,(H2,10,13)(H,14,15). The zero-order chi connectivity index (χ0) is 11.3. The van der Waals surface area contributed by atoms with Gasteiger partial charge in [0.05, 0.1) is 6.54 Å². The van der Waals surface area contributed by atoms with Crippen LogP contribution in [-0.2, 0) is 9.59 Å². The Morgan fingerprint density at radius 2 is 1.67 bits per heavy atom. The second-order valence-electron chi connectivity index (χ2n) is 3.73. The van der Waals surface area contributed by atoms with Gasteiger partial charge in [-0.1, -0.05) is 0 Å². The third-order valence-corrected chi connectivity index (χ3v) is 2.50. The lowest BCUT2D eigenvalue weighted by atomic mass is 10.3. The third-order valence-electron chi connectivity index (χ3n) is 2.50. The van der Waals surface area contributed by atoms with Gasteiger partial charge in [-0.25, -0.2) is 0 Å². The summed E-state index contributed by atoms with van der Waals surface area (Å²) in [6.45, 7) is 3.87. The van der Waals surface area contributed by atoms with E-state index in [1.54, 1.807) is 0 Å². The Morgan fingerprint density at radius 1 is 1.13 bits per heavy atom. The number of piperazine rings is 1. The Morgan fingerprint density at radius 3 is 2.13 bits per heavy atom. The summed E-state index contributed by atoms with van der Waals surface area (Å²) in [5.41, 5.74) is 5.05. The van der Waals surface area contributed by atoms with Crippen molar-refractivity contribution in [3.63, 3.8) is 0 Å². The smallest absolute Gasteiger partial charge is 0.317 e. The molecule has 15 heavy (non-hydrogen) atoms. The van der Waals surface area contributed by atoms with Gasteiger partial charge in [-0.15, -0.1) is 0 Å². The van der Waals surface area contributed by atoms with E-state index in [0.29, 0.717) is 13.0 Å². The zero-order valence-electron chi connectivity index (χ0n) is 8.69. The number of hydrogen-bond acceptors (Lipinski definition) is 4. The molecule has 1 rings (SSSR count). The van der Waals surface area contributed by atoms with E-state index < -0.39 is 5.97 Å². The maximum atomic E-state index is 10.6. The minimum Gasteiger partial charge on any atom is -0.480 e. The van der Waals surface area contributed by atoms with Gasteiger partial charge in [-0.2, -0.15) is 0 Å². The second-order valence-corrected chi connectivity index (χ2v) is 3.73. The van der Waals surface area contributed by atoms with Gasteiger partial charge >= 0.3 is 5.97 Å². The minimum atomic E-state index is -0.791. The molecule has 1 aliphatic heterocycles. The first-order valence-corrected chi connectivity index (χ1v) is 5.03. The first-order valence-electron chi connectivity index (χ1n) is 5.03. The van der Waals surface area contributed by atoms with Crippen LogP contribution in [0.4, 0.5) is 0 Å². The molecule has 1 amide bonds. The molecular weight excluding hydrogens is 198 g/mol. The van der Waals surface area contributed by atoms with E-state index in [-0.39, 0.29) is 12.5 Å². The number of nitrogens with zero attached hydrogens (tertiary/aromatic N) is 2. The predicted molar refractivity (Wildman–Crippen MR) is 54.3 cm³/mol. The minimum absolute atomic E-state index is 0.101. The van der Waals surface area contributed by atoms with E-state index in [0.717, 1.165) is 26.2 Å².